The van der Waals surface area contributed by atoms with E-state index in [1.165, 1.54) is 19.2 Å². The fourth-order valence-electron chi connectivity index (χ4n) is 1.43. The second-order valence-corrected chi connectivity index (χ2v) is 3.64. The Hall–Kier alpha value is -2.74. The van der Waals surface area contributed by atoms with Gasteiger partial charge in [0.2, 0.25) is 5.95 Å². The summed E-state index contributed by atoms with van der Waals surface area (Å²) >= 11 is 0. The quantitative estimate of drug-likeness (QED) is 0.830. The average molecular weight is 238 g/mol. The Balaban J connectivity index is 2.26. The maximum Gasteiger partial charge on any atom is 0.228 e. The molecule has 1 aromatic heterocycles. The molecule has 5 nitrogen and oxygen atoms in total. The van der Waals surface area contributed by atoms with Gasteiger partial charge >= 0.3 is 0 Å². The zero-order valence-electron chi connectivity index (χ0n) is 9.71. The van der Waals surface area contributed by atoms with Gasteiger partial charge in [-0.3, -0.25) is 4.79 Å². The third-order valence-electron chi connectivity index (χ3n) is 2.30. The van der Waals surface area contributed by atoms with Gasteiger partial charge in [-0.15, -0.1) is 0 Å². The number of aromatic nitrogens is 2. The van der Waals surface area contributed by atoms with E-state index in [-0.39, 0.29) is 11.5 Å². The summed E-state index contributed by atoms with van der Waals surface area (Å²) in [7, 11) is 0. The minimum Gasteiger partial charge on any atom is -0.324 e. The Morgan fingerprint density at radius 1 is 1.39 bits per heavy atom. The van der Waals surface area contributed by atoms with Crippen molar-refractivity contribution in [1.82, 2.24) is 9.97 Å². The molecule has 0 aliphatic rings. The number of nitrogens with one attached hydrogen (secondary N) is 1. The number of ketones is 1. The Morgan fingerprint density at radius 3 is 2.94 bits per heavy atom. The van der Waals surface area contributed by atoms with Gasteiger partial charge in [0.1, 0.15) is 11.8 Å². The smallest absolute Gasteiger partial charge is 0.228 e. The fraction of sp³-hybridized carbons (Fsp3) is 0.0769. The zero-order chi connectivity index (χ0) is 13.0. The van der Waals surface area contributed by atoms with Crippen LogP contribution in [-0.4, -0.2) is 15.8 Å². The molecule has 0 saturated carbocycles. The van der Waals surface area contributed by atoms with E-state index in [1.54, 1.807) is 24.3 Å². The van der Waals surface area contributed by atoms with Crippen LogP contribution in [0.2, 0.25) is 0 Å². The third kappa shape index (κ3) is 2.68. The van der Waals surface area contributed by atoms with E-state index in [9.17, 15) is 4.79 Å². The molecule has 1 aromatic carbocycles. The van der Waals surface area contributed by atoms with E-state index in [0.717, 1.165) is 0 Å². The number of nitriles is 1. The van der Waals surface area contributed by atoms with Gasteiger partial charge in [0.25, 0.3) is 0 Å². The average Bonchev–Trinajstić information content (AvgIpc) is 2.39. The number of rotatable bonds is 3. The zero-order valence-corrected chi connectivity index (χ0v) is 9.71. The Kier molecular flexibility index (Phi) is 3.30. The van der Waals surface area contributed by atoms with Crippen molar-refractivity contribution >= 4 is 17.4 Å². The van der Waals surface area contributed by atoms with Crippen molar-refractivity contribution in [3.05, 3.63) is 47.8 Å². The molecule has 0 fully saturated rings. The topological polar surface area (TPSA) is 78.7 Å². The van der Waals surface area contributed by atoms with Crippen molar-refractivity contribution in [2.45, 2.75) is 6.92 Å². The molecule has 88 valence electrons. The summed E-state index contributed by atoms with van der Waals surface area (Å²) in [4.78, 5) is 19.2. The van der Waals surface area contributed by atoms with Gasteiger partial charge in [-0.25, -0.2) is 9.97 Å². The SMILES string of the molecule is CC(=O)c1cccc(Nc2nccc(C#N)n2)c1. The lowest BCUT2D eigenvalue weighted by atomic mass is 10.1. The molecular weight excluding hydrogens is 228 g/mol. The van der Waals surface area contributed by atoms with Gasteiger partial charge in [0.05, 0.1) is 0 Å². The van der Waals surface area contributed by atoms with E-state index in [4.69, 9.17) is 5.26 Å². The Labute approximate surface area is 104 Å². The standard InChI is InChI=1S/C13H10N4O/c1-9(18)10-3-2-4-11(7-10)16-13-15-6-5-12(8-14)17-13/h2-7H,1H3,(H,15,16,17). The van der Waals surface area contributed by atoms with Gasteiger partial charge in [-0.2, -0.15) is 5.26 Å². The van der Waals surface area contributed by atoms with Gasteiger partial charge in [0.15, 0.2) is 5.78 Å². The summed E-state index contributed by atoms with van der Waals surface area (Å²) in [5, 5.41) is 11.7. The van der Waals surface area contributed by atoms with Crippen LogP contribution >= 0.6 is 0 Å². The molecule has 0 atom stereocenters. The molecule has 1 heterocycles. The van der Waals surface area contributed by atoms with Gasteiger partial charge in [0, 0.05) is 17.4 Å². The first-order chi connectivity index (χ1) is 8.69. The van der Waals surface area contributed by atoms with Crippen LogP contribution in [0.4, 0.5) is 11.6 Å². The van der Waals surface area contributed by atoms with Crippen molar-refractivity contribution < 1.29 is 4.79 Å². The lowest BCUT2D eigenvalue weighted by Gasteiger charge is -2.05. The summed E-state index contributed by atoms with van der Waals surface area (Å²) in [5.74, 6) is 0.320. The van der Waals surface area contributed by atoms with Crippen LogP contribution in [0, 0.1) is 11.3 Å². The summed E-state index contributed by atoms with van der Waals surface area (Å²) in [5.41, 5.74) is 1.60. The van der Waals surface area contributed by atoms with E-state index < -0.39 is 0 Å². The predicted molar refractivity (Wildman–Crippen MR) is 66.5 cm³/mol. The minimum atomic E-state index is -0.00894. The summed E-state index contributed by atoms with van der Waals surface area (Å²) in [6, 6.07) is 10.5. The van der Waals surface area contributed by atoms with Gasteiger partial charge in [-0.05, 0) is 25.1 Å². The number of nitrogens with zero attached hydrogens (tertiary/aromatic N) is 3. The predicted octanol–water partition coefficient (Wildman–Crippen LogP) is 2.29. The number of benzene rings is 1. The fourth-order valence-corrected chi connectivity index (χ4v) is 1.43. The van der Waals surface area contributed by atoms with E-state index >= 15 is 0 Å². The normalized spacial score (nSPS) is 9.56. The van der Waals surface area contributed by atoms with Crippen LogP contribution < -0.4 is 5.32 Å². The lowest BCUT2D eigenvalue weighted by Crippen LogP contribution is -1.99. The second kappa shape index (κ2) is 5.06. The number of anilines is 2. The summed E-state index contributed by atoms with van der Waals surface area (Å²) < 4.78 is 0. The van der Waals surface area contributed by atoms with Crippen LogP contribution in [0.5, 0.6) is 0 Å². The molecule has 0 bridgehead atoms. The Bertz CT molecular complexity index is 631. The third-order valence-corrected chi connectivity index (χ3v) is 2.30. The maximum absolute atomic E-state index is 11.2. The molecule has 18 heavy (non-hydrogen) atoms. The van der Waals surface area contributed by atoms with E-state index in [1.807, 2.05) is 6.07 Å². The molecule has 0 spiro atoms. The van der Waals surface area contributed by atoms with Crippen LogP contribution in [0.15, 0.2) is 36.5 Å². The molecule has 0 saturated heterocycles. The first kappa shape index (κ1) is 11.7. The molecule has 0 amide bonds. The highest BCUT2D eigenvalue weighted by Gasteiger charge is 2.02. The minimum absolute atomic E-state index is 0.00894. The summed E-state index contributed by atoms with van der Waals surface area (Å²) in [6.07, 6.45) is 1.50. The monoisotopic (exact) mass is 238 g/mol. The first-order valence-electron chi connectivity index (χ1n) is 5.30. The van der Waals surface area contributed by atoms with Gasteiger partial charge in [-0.1, -0.05) is 12.1 Å². The van der Waals surface area contributed by atoms with Crippen molar-refractivity contribution in [3.8, 4) is 6.07 Å². The molecule has 0 radical (unpaired) electrons. The van der Waals surface area contributed by atoms with Gasteiger partial charge < -0.3 is 5.32 Å². The molecule has 5 heteroatoms. The van der Waals surface area contributed by atoms with E-state index in [2.05, 4.69) is 15.3 Å². The molecule has 1 N–H and O–H groups in total. The van der Waals surface area contributed by atoms with E-state index in [0.29, 0.717) is 17.2 Å². The first-order valence-corrected chi connectivity index (χ1v) is 5.30. The number of carbonyl (C=O) groups is 1. The number of carbonyl (C=O) groups excluding carboxylic acids is 1. The Morgan fingerprint density at radius 2 is 2.22 bits per heavy atom. The molecular formula is C13H10N4O. The van der Waals surface area contributed by atoms with Crippen molar-refractivity contribution in [2.24, 2.45) is 0 Å². The highest BCUT2D eigenvalue weighted by Crippen LogP contribution is 2.15. The lowest BCUT2D eigenvalue weighted by molar-refractivity contribution is 0.101. The number of hydrogen-bond donors (Lipinski definition) is 1. The molecule has 0 aliphatic carbocycles. The maximum atomic E-state index is 11.2. The second-order valence-electron chi connectivity index (χ2n) is 3.64. The van der Waals surface area contributed by atoms with Crippen LogP contribution in [-0.2, 0) is 0 Å². The number of Topliss-reactive ketones (excluding diaryl/α,β-unsaturated/α-hetero) is 1. The number of hydrogen-bond acceptors (Lipinski definition) is 5. The molecule has 2 rings (SSSR count). The largest absolute Gasteiger partial charge is 0.324 e. The van der Waals surface area contributed by atoms with Crippen molar-refractivity contribution in [3.63, 3.8) is 0 Å². The van der Waals surface area contributed by atoms with Crippen LogP contribution in [0.1, 0.15) is 23.0 Å². The highest BCUT2D eigenvalue weighted by atomic mass is 16.1. The van der Waals surface area contributed by atoms with Crippen molar-refractivity contribution in [2.75, 3.05) is 5.32 Å². The summed E-state index contributed by atoms with van der Waals surface area (Å²) in [6.45, 7) is 1.51. The van der Waals surface area contributed by atoms with Crippen molar-refractivity contribution in [1.29, 1.82) is 5.26 Å². The molecule has 0 aliphatic heterocycles. The molecule has 2 aromatic rings. The van der Waals surface area contributed by atoms with Crippen LogP contribution in [0.25, 0.3) is 0 Å². The molecule has 0 unspecified atom stereocenters. The van der Waals surface area contributed by atoms with Crippen LogP contribution in [0.3, 0.4) is 0 Å². The highest BCUT2D eigenvalue weighted by molar-refractivity contribution is 5.95.